The van der Waals surface area contributed by atoms with E-state index >= 15 is 0 Å². The number of nitrogens with one attached hydrogen (secondary N) is 1. The minimum Gasteiger partial charge on any atom is -0.493 e. The van der Waals surface area contributed by atoms with Gasteiger partial charge in [-0.25, -0.2) is 4.79 Å². The van der Waals surface area contributed by atoms with Crippen molar-refractivity contribution in [2.75, 3.05) is 34.5 Å². The lowest BCUT2D eigenvalue weighted by molar-refractivity contribution is -0.139. The first-order chi connectivity index (χ1) is 19.8. The fourth-order valence-corrected chi connectivity index (χ4v) is 6.21. The zero-order valence-electron chi connectivity index (χ0n) is 24.5. The number of carbonyl (C=O) groups is 2. The molecule has 0 saturated heterocycles. The third-order valence-electron chi connectivity index (χ3n) is 7.53. The zero-order valence-corrected chi connectivity index (χ0v) is 26.1. The third kappa shape index (κ3) is 6.25. The van der Waals surface area contributed by atoms with Crippen molar-refractivity contribution >= 4 is 27.7 Å². The number of dihydropyridines is 1. The number of Topliss-reactive ketones (excluding diaryl/α,β-unsaturated/α-hetero) is 1. The highest BCUT2D eigenvalue weighted by molar-refractivity contribution is 9.10. The van der Waals surface area contributed by atoms with E-state index in [9.17, 15) is 9.59 Å². The summed E-state index contributed by atoms with van der Waals surface area (Å²) >= 11 is 3.61. The van der Waals surface area contributed by atoms with Crippen molar-refractivity contribution < 1.29 is 33.3 Å². The van der Waals surface area contributed by atoms with Crippen molar-refractivity contribution in [3.8, 4) is 23.0 Å². The number of carbonyl (C=O) groups excluding carboxylic acids is 2. The average Bonchev–Trinajstić information content (AvgIpc) is 2.96. The number of ketones is 1. The Morgan fingerprint density at radius 3 is 2.37 bits per heavy atom. The Bertz CT molecular complexity index is 1380. The molecule has 0 saturated carbocycles. The number of halogens is 1. The van der Waals surface area contributed by atoms with Crippen LogP contribution in [0.2, 0.25) is 0 Å². The van der Waals surface area contributed by atoms with Crippen molar-refractivity contribution in [3.63, 3.8) is 0 Å². The maximum Gasteiger partial charge on any atom is 0.336 e. The molecule has 0 radical (unpaired) electrons. The molecule has 1 heterocycles. The second kappa shape index (κ2) is 13.5. The van der Waals surface area contributed by atoms with Gasteiger partial charge in [0.2, 0.25) is 0 Å². The Labute approximate surface area is 250 Å². The standard InChI is InChI=1S/C32H38BrNO7/c1-7-9-12-41-32(36)28-18(3)34-23-14-20(19-10-11-25(37-4)26(16-19)38-5)15-24(35)30(23)29(28)21-13-22(33)31(39-6)27(17-21)40-8-2/h10-11,13,16-17,20,29,34H,7-9,12,14-15H2,1-6H3. The van der Waals surface area contributed by atoms with E-state index in [1.54, 1.807) is 21.3 Å². The summed E-state index contributed by atoms with van der Waals surface area (Å²) in [6, 6.07) is 9.51. The topological polar surface area (TPSA) is 92.3 Å². The molecule has 0 bridgehead atoms. The molecule has 41 heavy (non-hydrogen) atoms. The molecule has 8 nitrogen and oxygen atoms in total. The second-order valence-corrected chi connectivity index (χ2v) is 10.9. The summed E-state index contributed by atoms with van der Waals surface area (Å²) in [4.78, 5) is 27.6. The van der Waals surface area contributed by atoms with Gasteiger partial charge in [-0.15, -0.1) is 0 Å². The highest BCUT2D eigenvalue weighted by Crippen LogP contribution is 2.49. The smallest absolute Gasteiger partial charge is 0.336 e. The van der Waals surface area contributed by atoms with Crippen molar-refractivity contribution in [2.45, 2.75) is 58.3 Å². The predicted molar refractivity (Wildman–Crippen MR) is 160 cm³/mol. The molecule has 0 amide bonds. The van der Waals surface area contributed by atoms with Gasteiger partial charge in [-0.1, -0.05) is 19.4 Å². The molecule has 0 fully saturated rings. The first kappa shape index (κ1) is 30.5. The van der Waals surface area contributed by atoms with E-state index in [4.69, 9.17) is 23.7 Å². The van der Waals surface area contributed by atoms with Gasteiger partial charge in [0.05, 0.1) is 44.6 Å². The minimum absolute atomic E-state index is 0.0280. The molecule has 0 aromatic heterocycles. The van der Waals surface area contributed by atoms with Crippen LogP contribution in [0.25, 0.3) is 0 Å². The monoisotopic (exact) mass is 627 g/mol. The van der Waals surface area contributed by atoms with Gasteiger partial charge in [-0.2, -0.15) is 0 Å². The Balaban J connectivity index is 1.82. The molecule has 2 aliphatic rings. The van der Waals surface area contributed by atoms with Crippen molar-refractivity contribution in [1.29, 1.82) is 0 Å². The molecule has 2 unspecified atom stereocenters. The van der Waals surface area contributed by atoms with Crippen LogP contribution in [-0.2, 0) is 14.3 Å². The number of ether oxygens (including phenoxy) is 5. The van der Waals surface area contributed by atoms with Crippen LogP contribution in [-0.4, -0.2) is 46.3 Å². The van der Waals surface area contributed by atoms with E-state index in [0.29, 0.717) is 70.4 Å². The maximum atomic E-state index is 14.0. The number of hydrogen-bond acceptors (Lipinski definition) is 8. The highest BCUT2D eigenvalue weighted by atomic mass is 79.9. The van der Waals surface area contributed by atoms with Crippen LogP contribution in [0.3, 0.4) is 0 Å². The molecule has 9 heteroatoms. The first-order valence-electron chi connectivity index (χ1n) is 13.9. The first-order valence-corrected chi connectivity index (χ1v) is 14.7. The summed E-state index contributed by atoms with van der Waals surface area (Å²) in [5.41, 5.74) is 4.21. The van der Waals surface area contributed by atoms with Crippen molar-refractivity contribution in [2.24, 2.45) is 0 Å². The number of rotatable bonds is 11. The number of allylic oxidation sites excluding steroid dienone is 3. The number of unbranched alkanes of at least 4 members (excludes halogenated alkanes) is 1. The molecule has 1 N–H and O–H groups in total. The van der Waals surface area contributed by atoms with Gasteiger partial charge in [-0.3, -0.25) is 4.79 Å². The molecule has 1 aliphatic heterocycles. The van der Waals surface area contributed by atoms with Crippen LogP contribution in [0.1, 0.15) is 69.4 Å². The summed E-state index contributed by atoms with van der Waals surface area (Å²) in [5.74, 6) is 1.18. The van der Waals surface area contributed by atoms with E-state index < -0.39 is 11.9 Å². The lowest BCUT2D eigenvalue weighted by Gasteiger charge is -2.37. The van der Waals surface area contributed by atoms with Crippen LogP contribution in [0.5, 0.6) is 23.0 Å². The lowest BCUT2D eigenvalue weighted by Crippen LogP contribution is -2.36. The summed E-state index contributed by atoms with van der Waals surface area (Å²) in [7, 11) is 4.77. The molecule has 4 rings (SSSR count). The Morgan fingerprint density at radius 2 is 1.71 bits per heavy atom. The fourth-order valence-electron chi connectivity index (χ4n) is 5.59. The summed E-state index contributed by atoms with van der Waals surface area (Å²) in [6.45, 7) is 6.54. The summed E-state index contributed by atoms with van der Waals surface area (Å²) < 4.78 is 28.7. The fraction of sp³-hybridized carbons (Fsp3) is 0.438. The minimum atomic E-state index is -0.624. The summed E-state index contributed by atoms with van der Waals surface area (Å²) in [5, 5.41) is 3.41. The third-order valence-corrected chi connectivity index (χ3v) is 8.12. The number of methoxy groups -OCH3 is 3. The highest BCUT2D eigenvalue weighted by Gasteiger charge is 2.42. The van der Waals surface area contributed by atoms with Crippen molar-refractivity contribution in [3.05, 3.63) is 68.5 Å². The SMILES string of the molecule is CCCCOC(=O)C1=C(C)NC2=C(C(=O)CC(c3ccc(OC)c(OC)c3)C2)C1c1cc(Br)c(OC)c(OCC)c1. The van der Waals surface area contributed by atoms with E-state index in [1.807, 2.05) is 51.1 Å². The Hall–Kier alpha value is -3.46. The Morgan fingerprint density at radius 1 is 0.976 bits per heavy atom. The van der Waals surface area contributed by atoms with Crippen molar-refractivity contribution in [1.82, 2.24) is 5.32 Å². The van der Waals surface area contributed by atoms with Gasteiger partial charge in [0.1, 0.15) is 0 Å². The van der Waals surface area contributed by atoms with E-state index in [1.165, 1.54) is 0 Å². The van der Waals surface area contributed by atoms with E-state index in [2.05, 4.69) is 21.2 Å². The van der Waals surface area contributed by atoms with Gasteiger partial charge in [0, 0.05) is 29.3 Å². The average molecular weight is 629 g/mol. The van der Waals surface area contributed by atoms with E-state index in [0.717, 1.165) is 29.7 Å². The number of esters is 1. The molecule has 1 aliphatic carbocycles. The van der Waals surface area contributed by atoms with Gasteiger partial charge >= 0.3 is 5.97 Å². The maximum absolute atomic E-state index is 14.0. The van der Waals surface area contributed by atoms with Gasteiger partial charge in [0.25, 0.3) is 0 Å². The molecule has 0 spiro atoms. The lowest BCUT2D eigenvalue weighted by atomic mass is 9.71. The summed E-state index contributed by atoms with van der Waals surface area (Å²) in [6.07, 6.45) is 2.55. The van der Waals surface area contributed by atoms with E-state index in [-0.39, 0.29) is 11.7 Å². The van der Waals surface area contributed by atoms with Crippen LogP contribution in [0.15, 0.2) is 57.3 Å². The van der Waals surface area contributed by atoms with Crippen LogP contribution < -0.4 is 24.3 Å². The molecule has 220 valence electrons. The molecule has 2 aromatic rings. The molecular formula is C32H38BrNO7. The van der Waals surface area contributed by atoms with Crippen LogP contribution in [0.4, 0.5) is 0 Å². The zero-order chi connectivity index (χ0) is 29.7. The number of hydrogen-bond donors (Lipinski definition) is 1. The number of benzene rings is 2. The van der Waals surface area contributed by atoms with Gasteiger partial charge < -0.3 is 29.0 Å². The van der Waals surface area contributed by atoms with Gasteiger partial charge in [0.15, 0.2) is 28.8 Å². The van der Waals surface area contributed by atoms with Crippen LogP contribution >= 0.6 is 15.9 Å². The predicted octanol–water partition coefficient (Wildman–Crippen LogP) is 6.58. The molecule has 2 aromatic carbocycles. The van der Waals surface area contributed by atoms with Gasteiger partial charge in [-0.05, 0) is 83.9 Å². The normalized spacial score (nSPS) is 18.5. The largest absolute Gasteiger partial charge is 0.493 e. The quantitative estimate of drug-likeness (QED) is 0.221. The second-order valence-electron chi connectivity index (χ2n) is 10.1. The van der Waals surface area contributed by atoms with Crippen LogP contribution in [0, 0.1) is 0 Å². The Kier molecular flexibility index (Phi) is 10.0. The molecule has 2 atom stereocenters. The molecular weight excluding hydrogens is 590 g/mol.